The van der Waals surface area contributed by atoms with E-state index in [4.69, 9.17) is 4.74 Å². The minimum atomic E-state index is -1.52. The van der Waals surface area contributed by atoms with Crippen molar-refractivity contribution in [3.05, 3.63) is 53.6 Å². The molecule has 0 bridgehead atoms. The molecule has 1 unspecified atom stereocenters. The molecule has 0 radical (unpaired) electrons. The maximum Gasteiger partial charge on any atom is 0.410 e. The van der Waals surface area contributed by atoms with Gasteiger partial charge in [-0.1, -0.05) is 4.40 Å². The van der Waals surface area contributed by atoms with E-state index in [0.29, 0.717) is 49.0 Å². The van der Waals surface area contributed by atoms with Gasteiger partial charge in [-0.25, -0.2) is 19.2 Å². The highest BCUT2D eigenvalue weighted by atomic mass is 32.2. The lowest BCUT2D eigenvalue weighted by Crippen LogP contribution is -2.50. The van der Waals surface area contributed by atoms with Crippen LogP contribution in [0.2, 0.25) is 0 Å². The molecule has 8 nitrogen and oxygen atoms in total. The Morgan fingerprint density at radius 1 is 1.00 bits per heavy atom. The van der Waals surface area contributed by atoms with Crippen LogP contribution in [-0.2, 0) is 16.1 Å². The van der Waals surface area contributed by atoms with Crippen LogP contribution in [0.25, 0.3) is 0 Å². The molecule has 1 amide bonds. The van der Waals surface area contributed by atoms with E-state index < -0.39 is 21.7 Å². The molecule has 1 saturated heterocycles. The van der Waals surface area contributed by atoms with E-state index in [9.17, 15) is 13.7 Å². The normalized spacial score (nSPS) is 16.4. The number of benzene rings is 1. The lowest BCUT2D eigenvalue weighted by molar-refractivity contribution is 0.0240. The number of ether oxygens (including phenoxy) is 1. The molecule has 1 aromatic carbocycles. The highest BCUT2D eigenvalue weighted by Crippen LogP contribution is 2.22. The lowest BCUT2D eigenvalue weighted by atomic mass is 10.1. The van der Waals surface area contributed by atoms with E-state index in [0.717, 1.165) is 0 Å². The van der Waals surface area contributed by atoms with Crippen LogP contribution >= 0.6 is 0 Å². The molecule has 2 aromatic rings. The van der Waals surface area contributed by atoms with Gasteiger partial charge in [-0.15, -0.1) is 0 Å². The average molecular weight is 490 g/mol. The Balaban J connectivity index is 1.76. The quantitative estimate of drug-likeness (QED) is 0.476. The van der Waals surface area contributed by atoms with Crippen LogP contribution in [0.1, 0.15) is 52.7 Å². The van der Waals surface area contributed by atoms with Crippen molar-refractivity contribution in [2.75, 3.05) is 31.1 Å². The van der Waals surface area contributed by atoms with Gasteiger partial charge in [0.15, 0.2) is 0 Å². The molecule has 34 heavy (non-hydrogen) atoms. The monoisotopic (exact) mass is 489 g/mol. The SMILES string of the molecule is CC(C)(C)OC(=O)N1CCN(c2ncc(C(=N[S+]([O-])C(C)(C)C)c3ccc(F)cc3)cn2)CC1. The molecular weight excluding hydrogens is 457 g/mol. The van der Waals surface area contributed by atoms with Gasteiger partial charge in [0.05, 0.1) is 0 Å². The van der Waals surface area contributed by atoms with Crippen LogP contribution in [0.15, 0.2) is 41.1 Å². The number of amides is 1. The van der Waals surface area contributed by atoms with E-state index in [-0.39, 0.29) is 11.9 Å². The molecule has 0 N–H and O–H groups in total. The molecule has 1 atom stereocenters. The molecule has 10 heteroatoms. The molecule has 184 valence electrons. The van der Waals surface area contributed by atoms with Crippen LogP contribution in [0.4, 0.5) is 15.1 Å². The Kier molecular flexibility index (Phi) is 7.82. The maximum atomic E-state index is 13.5. The maximum absolute atomic E-state index is 13.5. The Bertz CT molecular complexity index is 1010. The zero-order valence-electron chi connectivity index (χ0n) is 20.5. The van der Waals surface area contributed by atoms with Gasteiger partial charge in [0, 0.05) is 49.7 Å². The fraction of sp³-hybridized carbons (Fsp3) is 0.500. The molecule has 1 fully saturated rings. The molecule has 0 spiro atoms. The molecule has 0 saturated carbocycles. The number of hydrogen-bond acceptors (Lipinski definition) is 7. The second-order valence-electron chi connectivity index (χ2n) is 10.0. The topological polar surface area (TPSA) is 94.0 Å². The van der Waals surface area contributed by atoms with Crippen LogP contribution in [0, 0.1) is 5.82 Å². The predicted molar refractivity (Wildman–Crippen MR) is 132 cm³/mol. The molecule has 3 rings (SSSR count). The van der Waals surface area contributed by atoms with Gasteiger partial charge in [-0.05, 0) is 65.8 Å². The lowest BCUT2D eigenvalue weighted by Gasteiger charge is -2.35. The predicted octanol–water partition coefficient (Wildman–Crippen LogP) is 3.97. The van der Waals surface area contributed by atoms with E-state index in [1.54, 1.807) is 29.4 Å². The summed E-state index contributed by atoms with van der Waals surface area (Å²) in [6.45, 7) is 13.2. The summed E-state index contributed by atoms with van der Waals surface area (Å²) < 4.78 is 35.5. The molecule has 1 aliphatic rings. The van der Waals surface area contributed by atoms with Crippen molar-refractivity contribution in [2.24, 2.45) is 4.40 Å². The second kappa shape index (κ2) is 10.3. The van der Waals surface area contributed by atoms with Crippen LogP contribution in [-0.4, -0.2) is 67.8 Å². The van der Waals surface area contributed by atoms with Crippen molar-refractivity contribution in [2.45, 2.75) is 51.9 Å². The summed E-state index contributed by atoms with van der Waals surface area (Å²) in [5.41, 5.74) is 1.12. The smallest absolute Gasteiger partial charge is 0.410 e. The van der Waals surface area contributed by atoms with Crippen molar-refractivity contribution >= 4 is 29.1 Å². The molecule has 1 aromatic heterocycles. The fourth-order valence-electron chi connectivity index (χ4n) is 3.12. The fourth-order valence-corrected chi connectivity index (χ4v) is 3.77. The first-order chi connectivity index (χ1) is 15.8. The molecule has 1 aliphatic heterocycles. The Morgan fingerprint density at radius 2 is 1.56 bits per heavy atom. The number of anilines is 1. The minimum Gasteiger partial charge on any atom is -0.591 e. The van der Waals surface area contributed by atoms with Crippen molar-refractivity contribution in [1.82, 2.24) is 14.9 Å². The third-order valence-electron chi connectivity index (χ3n) is 4.94. The number of rotatable bonds is 4. The van der Waals surface area contributed by atoms with E-state index >= 15 is 0 Å². The van der Waals surface area contributed by atoms with Crippen molar-refractivity contribution in [3.8, 4) is 0 Å². The third-order valence-corrected chi connectivity index (χ3v) is 6.34. The van der Waals surface area contributed by atoms with Crippen LogP contribution in [0.5, 0.6) is 0 Å². The average Bonchev–Trinajstić information content (AvgIpc) is 2.76. The van der Waals surface area contributed by atoms with Gasteiger partial charge in [0.1, 0.15) is 33.2 Å². The van der Waals surface area contributed by atoms with Gasteiger partial charge in [-0.2, -0.15) is 0 Å². The highest BCUT2D eigenvalue weighted by molar-refractivity contribution is 7.91. The largest absolute Gasteiger partial charge is 0.591 e. The number of nitrogens with zero attached hydrogens (tertiary/aromatic N) is 5. The Morgan fingerprint density at radius 3 is 2.06 bits per heavy atom. The van der Waals surface area contributed by atoms with Gasteiger partial charge in [-0.3, -0.25) is 0 Å². The number of halogens is 1. The number of carbonyl (C=O) groups is 1. The van der Waals surface area contributed by atoms with Gasteiger partial charge in [0.25, 0.3) is 0 Å². The first-order valence-electron chi connectivity index (χ1n) is 11.2. The molecule has 2 heterocycles. The second-order valence-corrected chi connectivity index (χ2v) is 11.9. The van der Waals surface area contributed by atoms with Crippen molar-refractivity contribution in [1.29, 1.82) is 0 Å². The van der Waals surface area contributed by atoms with E-state index in [1.165, 1.54) is 12.1 Å². The van der Waals surface area contributed by atoms with Gasteiger partial charge >= 0.3 is 6.09 Å². The Hall–Kier alpha value is -2.72. The Labute approximate surface area is 203 Å². The summed E-state index contributed by atoms with van der Waals surface area (Å²) in [6, 6.07) is 5.87. The third kappa shape index (κ3) is 6.89. The minimum absolute atomic E-state index is 0.324. The van der Waals surface area contributed by atoms with E-state index in [1.807, 2.05) is 46.4 Å². The summed E-state index contributed by atoms with van der Waals surface area (Å²) in [4.78, 5) is 24.9. The summed E-state index contributed by atoms with van der Waals surface area (Å²) in [6.07, 6.45) is 2.94. The highest BCUT2D eigenvalue weighted by Gasteiger charge is 2.29. The van der Waals surface area contributed by atoms with Gasteiger partial charge in [0.2, 0.25) is 5.95 Å². The molecule has 0 aliphatic carbocycles. The van der Waals surface area contributed by atoms with Gasteiger partial charge < -0.3 is 19.1 Å². The van der Waals surface area contributed by atoms with Crippen molar-refractivity contribution < 1.29 is 18.5 Å². The van der Waals surface area contributed by atoms with Crippen molar-refractivity contribution in [3.63, 3.8) is 0 Å². The number of piperazine rings is 1. The number of hydrogen-bond donors (Lipinski definition) is 0. The molecular formula is C24H32FN5O3S. The first-order valence-corrected chi connectivity index (χ1v) is 12.3. The summed E-state index contributed by atoms with van der Waals surface area (Å²) in [5.74, 6) is 0.167. The summed E-state index contributed by atoms with van der Waals surface area (Å²) in [5, 5.41) is 0. The summed E-state index contributed by atoms with van der Waals surface area (Å²) in [7, 11) is 0. The zero-order chi connectivity index (χ0) is 25.1. The zero-order valence-corrected chi connectivity index (χ0v) is 21.4. The van der Waals surface area contributed by atoms with Crippen LogP contribution < -0.4 is 4.90 Å². The standard InChI is InChI=1S/C24H32FN5O3S/c1-23(2,3)33-22(31)30-13-11-29(12-14-30)21-26-15-18(16-27-21)20(28-34(32)24(4,5)6)17-7-9-19(25)10-8-17/h7-10,15-16H,11-14H2,1-6H3. The first kappa shape index (κ1) is 25.9. The summed E-state index contributed by atoms with van der Waals surface area (Å²) >= 11 is -1.52. The number of carbonyl (C=O) groups excluding carboxylic acids is 1. The van der Waals surface area contributed by atoms with E-state index in [2.05, 4.69) is 14.4 Å². The van der Waals surface area contributed by atoms with Crippen LogP contribution in [0.3, 0.4) is 0 Å². The number of aromatic nitrogens is 2.